The van der Waals surface area contributed by atoms with Crippen LogP contribution in [0.4, 0.5) is 0 Å². The quantitative estimate of drug-likeness (QED) is 0.806. The van der Waals surface area contributed by atoms with E-state index in [1.807, 2.05) is 13.1 Å². The highest BCUT2D eigenvalue weighted by Gasteiger charge is 2.24. The van der Waals surface area contributed by atoms with Crippen molar-refractivity contribution in [3.8, 4) is 0 Å². The largest absolute Gasteiger partial charge is 0.339 e. The van der Waals surface area contributed by atoms with Gasteiger partial charge in [-0.05, 0) is 26.3 Å². The molecule has 2 amide bonds. The molecular weight excluding hydrogens is 288 g/mol. The zero-order valence-electron chi connectivity index (χ0n) is 12.5. The van der Waals surface area contributed by atoms with Crippen molar-refractivity contribution in [2.24, 2.45) is 0 Å². The molecule has 0 aromatic carbocycles. The molecule has 1 aromatic rings. The number of amides is 2. The van der Waals surface area contributed by atoms with Gasteiger partial charge in [-0.1, -0.05) is 6.92 Å². The summed E-state index contributed by atoms with van der Waals surface area (Å²) in [6.45, 7) is 6.76. The third-order valence-corrected chi connectivity index (χ3v) is 4.78. The summed E-state index contributed by atoms with van der Waals surface area (Å²) in [5.41, 5.74) is 0. The number of aromatic nitrogens is 1. The number of hydrogen-bond donors (Lipinski definition) is 2. The van der Waals surface area contributed by atoms with Gasteiger partial charge in [-0.25, -0.2) is 4.98 Å². The molecule has 1 aromatic heterocycles. The summed E-state index contributed by atoms with van der Waals surface area (Å²) in [4.78, 5) is 31.3. The van der Waals surface area contributed by atoms with Gasteiger partial charge in [0.25, 0.3) is 0 Å². The van der Waals surface area contributed by atoms with E-state index < -0.39 is 11.8 Å². The normalized spacial score (nSPS) is 17.1. The van der Waals surface area contributed by atoms with Gasteiger partial charge in [-0.2, -0.15) is 0 Å². The highest BCUT2D eigenvalue weighted by atomic mass is 32.1. The molecule has 6 nitrogen and oxygen atoms in total. The van der Waals surface area contributed by atoms with Crippen molar-refractivity contribution < 1.29 is 9.59 Å². The minimum Gasteiger partial charge on any atom is -0.339 e. The van der Waals surface area contributed by atoms with Gasteiger partial charge in [0.2, 0.25) is 0 Å². The number of rotatable bonds is 3. The van der Waals surface area contributed by atoms with E-state index >= 15 is 0 Å². The first kappa shape index (κ1) is 15.9. The zero-order chi connectivity index (χ0) is 15.2. The summed E-state index contributed by atoms with van der Waals surface area (Å²) < 4.78 is 0. The third-order valence-electron chi connectivity index (χ3n) is 3.46. The van der Waals surface area contributed by atoms with Crippen LogP contribution in [-0.2, 0) is 16.0 Å². The second kappa shape index (κ2) is 7.51. The monoisotopic (exact) mass is 310 g/mol. The average molecular weight is 310 g/mol. The van der Waals surface area contributed by atoms with Crippen molar-refractivity contribution in [3.05, 3.63) is 16.1 Å². The SMILES string of the molecule is CCc1cnc(C(C)NC(=O)C(=O)N2CCCNCC2)s1. The third kappa shape index (κ3) is 4.25. The van der Waals surface area contributed by atoms with Gasteiger partial charge < -0.3 is 15.5 Å². The summed E-state index contributed by atoms with van der Waals surface area (Å²) in [5.74, 6) is -0.990. The van der Waals surface area contributed by atoms with E-state index in [0.717, 1.165) is 30.9 Å². The Balaban J connectivity index is 1.91. The number of carbonyl (C=O) groups is 2. The lowest BCUT2D eigenvalue weighted by Gasteiger charge is -2.20. The maximum Gasteiger partial charge on any atom is 0.311 e. The first-order chi connectivity index (χ1) is 10.1. The van der Waals surface area contributed by atoms with Crippen LogP contribution in [0.1, 0.15) is 36.2 Å². The van der Waals surface area contributed by atoms with Crippen molar-refractivity contribution in [1.29, 1.82) is 0 Å². The van der Waals surface area contributed by atoms with E-state index in [1.165, 1.54) is 4.88 Å². The molecule has 2 heterocycles. The van der Waals surface area contributed by atoms with Crippen LogP contribution >= 0.6 is 11.3 Å². The molecule has 0 radical (unpaired) electrons. The Morgan fingerprint density at radius 1 is 1.48 bits per heavy atom. The minimum absolute atomic E-state index is 0.239. The maximum atomic E-state index is 12.1. The maximum absolute atomic E-state index is 12.1. The number of carbonyl (C=O) groups excluding carboxylic acids is 2. The minimum atomic E-state index is -0.544. The van der Waals surface area contributed by atoms with Crippen LogP contribution in [0.25, 0.3) is 0 Å². The molecule has 1 unspecified atom stereocenters. The van der Waals surface area contributed by atoms with E-state index in [4.69, 9.17) is 0 Å². The van der Waals surface area contributed by atoms with Gasteiger partial charge >= 0.3 is 11.8 Å². The Kier molecular flexibility index (Phi) is 5.69. The zero-order valence-corrected chi connectivity index (χ0v) is 13.3. The predicted octanol–water partition coefficient (Wildman–Crippen LogP) is 0.705. The number of aryl methyl sites for hydroxylation is 1. The highest BCUT2D eigenvalue weighted by Crippen LogP contribution is 2.20. The molecule has 1 saturated heterocycles. The number of nitrogens with one attached hydrogen (secondary N) is 2. The second-order valence-electron chi connectivity index (χ2n) is 5.11. The fraction of sp³-hybridized carbons (Fsp3) is 0.643. The van der Waals surface area contributed by atoms with Crippen LogP contribution in [0, 0.1) is 0 Å². The van der Waals surface area contributed by atoms with Crippen molar-refractivity contribution in [3.63, 3.8) is 0 Å². The van der Waals surface area contributed by atoms with Crippen molar-refractivity contribution in [2.45, 2.75) is 32.7 Å². The van der Waals surface area contributed by atoms with Crippen molar-refractivity contribution >= 4 is 23.2 Å². The predicted molar refractivity (Wildman–Crippen MR) is 82.1 cm³/mol. The summed E-state index contributed by atoms with van der Waals surface area (Å²) >= 11 is 1.57. The lowest BCUT2D eigenvalue weighted by Crippen LogP contribution is -2.45. The molecule has 116 valence electrons. The molecule has 1 atom stereocenters. The fourth-order valence-corrected chi connectivity index (χ4v) is 3.06. The first-order valence-corrected chi connectivity index (χ1v) is 8.18. The van der Waals surface area contributed by atoms with E-state index in [0.29, 0.717) is 13.1 Å². The van der Waals surface area contributed by atoms with Crippen LogP contribution in [0.3, 0.4) is 0 Å². The standard InChI is InChI=1S/C14H22N4O2S/c1-3-11-9-16-13(21-11)10(2)17-12(19)14(20)18-7-4-5-15-6-8-18/h9-10,15H,3-8H2,1-2H3,(H,17,19). The molecule has 0 bridgehead atoms. The molecule has 1 fully saturated rings. The van der Waals surface area contributed by atoms with Crippen LogP contribution < -0.4 is 10.6 Å². The molecule has 0 aliphatic carbocycles. The Bertz CT molecular complexity index is 495. The number of thiazole rings is 1. The van der Waals surface area contributed by atoms with Gasteiger partial charge in [0.15, 0.2) is 0 Å². The smallest absolute Gasteiger partial charge is 0.311 e. The molecule has 2 N–H and O–H groups in total. The molecule has 1 aliphatic rings. The van der Waals surface area contributed by atoms with Crippen LogP contribution in [0.15, 0.2) is 6.20 Å². The van der Waals surface area contributed by atoms with E-state index in [9.17, 15) is 9.59 Å². The van der Waals surface area contributed by atoms with Crippen LogP contribution in [0.5, 0.6) is 0 Å². The lowest BCUT2D eigenvalue weighted by molar-refractivity contribution is -0.146. The first-order valence-electron chi connectivity index (χ1n) is 7.37. The van der Waals surface area contributed by atoms with Crippen molar-refractivity contribution in [2.75, 3.05) is 26.2 Å². The van der Waals surface area contributed by atoms with Crippen LogP contribution in [0.2, 0.25) is 0 Å². The Hall–Kier alpha value is -1.47. The van der Waals surface area contributed by atoms with Gasteiger partial charge in [0.1, 0.15) is 5.01 Å². The van der Waals surface area contributed by atoms with Gasteiger partial charge in [-0.3, -0.25) is 9.59 Å². The molecular formula is C14H22N4O2S. The van der Waals surface area contributed by atoms with E-state index in [2.05, 4.69) is 22.5 Å². The molecule has 0 saturated carbocycles. The number of hydrogen-bond acceptors (Lipinski definition) is 5. The fourth-order valence-electron chi connectivity index (χ4n) is 2.20. The van der Waals surface area contributed by atoms with E-state index in [1.54, 1.807) is 16.2 Å². The molecule has 7 heteroatoms. The Morgan fingerprint density at radius 2 is 2.29 bits per heavy atom. The lowest BCUT2D eigenvalue weighted by atomic mass is 10.3. The Morgan fingerprint density at radius 3 is 3.00 bits per heavy atom. The van der Waals surface area contributed by atoms with Crippen molar-refractivity contribution in [1.82, 2.24) is 20.5 Å². The highest BCUT2D eigenvalue weighted by molar-refractivity contribution is 7.11. The second-order valence-corrected chi connectivity index (χ2v) is 6.26. The van der Waals surface area contributed by atoms with E-state index in [-0.39, 0.29) is 6.04 Å². The molecule has 1 aliphatic heterocycles. The average Bonchev–Trinajstić information content (AvgIpc) is 2.81. The molecule has 2 rings (SSSR count). The summed E-state index contributed by atoms with van der Waals surface area (Å²) in [7, 11) is 0. The van der Waals surface area contributed by atoms with Gasteiger partial charge in [-0.15, -0.1) is 11.3 Å². The van der Waals surface area contributed by atoms with Crippen LogP contribution in [-0.4, -0.2) is 47.9 Å². The summed E-state index contributed by atoms with van der Waals surface area (Å²) in [5, 5.41) is 6.80. The summed E-state index contributed by atoms with van der Waals surface area (Å²) in [6.07, 6.45) is 3.63. The molecule has 0 spiro atoms. The summed E-state index contributed by atoms with van der Waals surface area (Å²) in [6, 6.07) is -0.239. The topological polar surface area (TPSA) is 74.3 Å². The number of nitrogens with zero attached hydrogens (tertiary/aromatic N) is 2. The molecule has 21 heavy (non-hydrogen) atoms. The Labute approximate surface area is 128 Å². The van der Waals surface area contributed by atoms with Gasteiger partial charge in [0, 0.05) is 30.7 Å². The van der Waals surface area contributed by atoms with Gasteiger partial charge in [0.05, 0.1) is 6.04 Å².